The third kappa shape index (κ3) is 5.92. The number of anilines is 2. The van der Waals surface area contributed by atoms with Crippen molar-refractivity contribution in [2.45, 2.75) is 19.3 Å². The van der Waals surface area contributed by atoms with E-state index in [1.54, 1.807) is 17.1 Å². The Balaban J connectivity index is 1.93. The molecule has 0 saturated heterocycles. The van der Waals surface area contributed by atoms with Gasteiger partial charge in [0.1, 0.15) is 0 Å². The Labute approximate surface area is 155 Å². The molecule has 2 N–H and O–H groups in total. The lowest BCUT2D eigenvalue weighted by molar-refractivity contribution is -0.128. The predicted molar refractivity (Wildman–Crippen MR) is 107 cm³/mol. The lowest BCUT2D eigenvalue weighted by Gasteiger charge is -2.20. The first-order chi connectivity index (χ1) is 12.6. The Morgan fingerprint density at radius 3 is 2.46 bits per heavy atom. The lowest BCUT2D eigenvalue weighted by atomic mass is 10.0. The van der Waals surface area contributed by atoms with Crippen LogP contribution in [0.2, 0.25) is 0 Å². The third-order valence-electron chi connectivity index (χ3n) is 4.24. The molecule has 1 unspecified atom stereocenters. The second kappa shape index (κ2) is 10.2. The van der Waals surface area contributed by atoms with Crippen molar-refractivity contribution in [2.75, 3.05) is 30.3 Å². The monoisotopic (exact) mass is 353 g/mol. The van der Waals surface area contributed by atoms with E-state index < -0.39 is 0 Å². The molecule has 0 aliphatic heterocycles. The highest BCUT2D eigenvalue weighted by atomic mass is 16.2. The number of benzene rings is 1. The number of hydrogen-bond donors (Lipinski definition) is 2. The van der Waals surface area contributed by atoms with Crippen LogP contribution in [0.3, 0.4) is 0 Å². The zero-order chi connectivity index (χ0) is 18.8. The van der Waals surface area contributed by atoms with Crippen LogP contribution in [0, 0.1) is 5.92 Å². The Morgan fingerprint density at radius 1 is 1.15 bits per heavy atom. The summed E-state index contributed by atoms with van der Waals surface area (Å²) in [6, 6.07) is 7.41. The summed E-state index contributed by atoms with van der Waals surface area (Å²) in [7, 11) is 0. The van der Waals surface area contributed by atoms with Gasteiger partial charge in [0.05, 0.1) is 17.9 Å². The minimum absolute atomic E-state index is 0.0120. The van der Waals surface area contributed by atoms with Crippen molar-refractivity contribution in [1.29, 1.82) is 0 Å². The molecule has 0 radical (unpaired) electrons. The Morgan fingerprint density at radius 2 is 1.85 bits per heavy atom. The molecule has 0 aromatic heterocycles. The minimum atomic E-state index is -0.0537. The average molecular weight is 353 g/mol. The van der Waals surface area contributed by atoms with Gasteiger partial charge in [-0.25, -0.2) is 0 Å². The summed E-state index contributed by atoms with van der Waals surface area (Å²) in [4.78, 5) is 26.3. The zero-order valence-electron chi connectivity index (χ0n) is 15.1. The van der Waals surface area contributed by atoms with E-state index in [1.807, 2.05) is 24.3 Å². The van der Waals surface area contributed by atoms with Gasteiger partial charge in [0, 0.05) is 19.5 Å². The molecule has 1 aliphatic carbocycles. The molecule has 0 fully saturated rings. The van der Waals surface area contributed by atoms with Gasteiger partial charge < -0.3 is 15.5 Å². The van der Waals surface area contributed by atoms with Crippen LogP contribution >= 0.6 is 0 Å². The zero-order valence-corrected chi connectivity index (χ0v) is 15.1. The van der Waals surface area contributed by atoms with E-state index in [0.29, 0.717) is 31.1 Å². The SMILES string of the molecule is C=CCN(CC=C)C(=O)CNc1ccccc1NC(=O)CC1C=CCC1. The number of allylic oxidation sites excluding steroid dienone is 2. The second-order valence-electron chi connectivity index (χ2n) is 6.29. The molecule has 5 heteroatoms. The van der Waals surface area contributed by atoms with Crippen molar-refractivity contribution < 1.29 is 9.59 Å². The topological polar surface area (TPSA) is 61.4 Å². The summed E-state index contributed by atoms with van der Waals surface area (Å²) < 4.78 is 0. The molecule has 1 aromatic rings. The molecule has 5 nitrogen and oxygen atoms in total. The van der Waals surface area contributed by atoms with Crippen molar-refractivity contribution in [1.82, 2.24) is 4.90 Å². The summed E-state index contributed by atoms with van der Waals surface area (Å²) in [5, 5.41) is 6.07. The van der Waals surface area contributed by atoms with E-state index in [1.165, 1.54) is 0 Å². The van der Waals surface area contributed by atoms with Crippen LogP contribution in [0.25, 0.3) is 0 Å². The van der Waals surface area contributed by atoms with Crippen LogP contribution in [-0.4, -0.2) is 36.3 Å². The van der Waals surface area contributed by atoms with E-state index in [4.69, 9.17) is 0 Å². The van der Waals surface area contributed by atoms with E-state index in [2.05, 4.69) is 35.9 Å². The first-order valence-corrected chi connectivity index (χ1v) is 8.93. The predicted octanol–water partition coefficient (Wildman–Crippen LogP) is 3.59. The highest BCUT2D eigenvalue weighted by Gasteiger charge is 2.16. The third-order valence-corrected chi connectivity index (χ3v) is 4.24. The minimum Gasteiger partial charge on any atom is -0.374 e. The van der Waals surface area contributed by atoms with Gasteiger partial charge >= 0.3 is 0 Å². The molecule has 1 aromatic carbocycles. The molecule has 138 valence electrons. The molecule has 26 heavy (non-hydrogen) atoms. The summed E-state index contributed by atoms with van der Waals surface area (Å²) >= 11 is 0. The first kappa shape index (κ1) is 19.5. The maximum atomic E-state index is 12.3. The summed E-state index contributed by atoms with van der Waals surface area (Å²) in [6.07, 6.45) is 10.2. The van der Waals surface area contributed by atoms with Gasteiger partial charge in [0.15, 0.2) is 0 Å². The maximum absolute atomic E-state index is 12.3. The quantitative estimate of drug-likeness (QED) is 0.632. The van der Waals surface area contributed by atoms with Crippen molar-refractivity contribution in [3.8, 4) is 0 Å². The molecule has 2 amide bonds. The number of para-hydroxylation sites is 2. The van der Waals surface area contributed by atoms with Crippen LogP contribution < -0.4 is 10.6 Å². The summed E-state index contributed by atoms with van der Waals surface area (Å²) in [5.41, 5.74) is 1.42. The fraction of sp³-hybridized carbons (Fsp3) is 0.333. The van der Waals surface area contributed by atoms with Gasteiger partial charge in [-0.1, -0.05) is 36.4 Å². The van der Waals surface area contributed by atoms with E-state index in [-0.39, 0.29) is 18.4 Å². The van der Waals surface area contributed by atoms with E-state index >= 15 is 0 Å². The highest BCUT2D eigenvalue weighted by molar-refractivity contribution is 5.95. The van der Waals surface area contributed by atoms with Gasteiger partial charge in [-0.2, -0.15) is 0 Å². The van der Waals surface area contributed by atoms with Gasteiger partial charge in [-0.15, -0.1) is 13.2 Å². The average Bonchev–Trinajstić information content (AvgIpc) is 3.13. The largest absolute Gasteiger partial charge is 0.374 e. The smallest absolute Gasteiger partial charge is 0.242 e. The van der Waals surface area contributed by atoms with Crippen molar-refractivity contribution in [2.24, 2.45) is 5.92 Å². The Bertz CT molecular complexity index is 672. The molecule has 0 saturated carbocycles. The van der Waals surface area contributed by atoms with Crippen LogP contribution in [0.15, 0.2) is 61.7 Å². The first-order valence-electron chi connectivity index (χ1n) is 8.93. The molecule has 0 bridgehead atoms. The Kier molecular flexibility index (Phi) is 7.68. The van der Waals surface area contributed by atoms with E-state index in [0.717, 1.165) is 18.5 Å². The van der Waals surface area contributed by atoms with Gasteiger partial charge in [0.2, 0.25) is 11.8 Å². The number of rotatable bonds is 10. The number of nitrogens with one attached hydrogen (secondary N) is 2. The molecule has 0 spiro atoms. The van der Waals surface area contributed by atoms with Gasteiger partial charge in [-0.3, -0.25) is 9.59 Å². The van der Waals surface area contributed by atoms with Crippen molar-refractivity contribution in [3.05, 3.63) is 61.7 Å². The fourth-order valence-corrected chi connectivity index (χ4v) is 2.92. The summed E-state index contributed by atoms with van der Waals surface area (Å²) in [6.45, 7) is 8.43. The molecular formula is C21H27N3O2. The number of hydrogen-bond acceptors (Lipinski definition) is 3. The van der Waals surface area contributed by atoms with Crippen LogP contribution in [0.5, 0.6) is 0 Å². The number of carbonyl (C=O) groups is 2. The standard InChI is InChI=1S/C21H27N3O2/c1-3-13-24(14-4-2)21(26)16-22-18-11-7-8-12-19(18)23-20(25)15-17-9-5-6-10-17/h3-5,7-9,11-12,17,22H,1-2,6,10,13-16H2,(H,23,25). The number of nitrogens with zero attached hydrogens (tertiary/aromatic N) is 1. The van der Waals surface area contributed by atoms with Crippen LogP contribution in [0.4, 0.5) is 11.4 Å². The molecule has 2 rings (SSSR count). The maximum Gasteiger partial charge on any atom is 0.242 e. The highest BCUT2D eigenvalue weighted by Crippen LogP contribution is 2.24. The Hall–Kier alpha value is -2.82. The van der Waals surface area contributed by atoms with E-state index in [9.17, 15) is 9.59 Å². The fourth-order valence-electron chi connectivity index (χ4n) is 2.92. The van der Waals surface area contributed by atoms with Gasteiger partial charge in [-0.05, 0) is 30.9 Å². The molecule has 1 atom stereocenters. The molecule has 1 aliphatic rings. The second-order valence-corrected chi connectivity index (χ2v) is 6.29. The van der Waals surface area contributed by atoms with Crippen molar-refractivity contribution in [3.63, 3.8) is 0 Å². The van der Waals surface area contributed by atoms with Crippen LogP contribution in [0.1, 0.15) is 19.3 Å². The molecular weight excluding hydrogens is 326 g/mol. The van der Waals surface area contributed by atoms with Crippen LogP contribution in [-0.2, 0) is 9.59 Å². The normalized spacial score (nSPS) is 15.3. The number of amides is 2. The number of carbonyl (C=O) groups excluding carboxylic acids is 2. The lowest BCUT2D eigenvalue weighted by Crippen LogP contribution is -2.35. The summed E-state index contributed by atoms with van der Waals surface area (Å²) in [5.74, 6) is 0.257. The molecule has 0 heterocycles. The van der Waals surface area contributed by atoms with Gasteiger partial charge in [0.25, 0.3) is 0 Å². The van der Waals surface area contributed by atoms with Crippen molar-refractivity contribution >= 4 is 23.2 Å².